The molecule has 1 aliphatic heterocycles. The predicted molar refractivity (Wildman–Crippen MR) is 76.4 cm³/mol. The summed E-state index contributed by atoms with van der Waals surface area (Å²) in [5.41, 5.74) is 5.70. The molecule has 0 aromatic carbocycles. The van der Waals surface area contributed by atoms with E-state index in [0.29, 0.717) is 18.1 Å². The molecule has 18 heavy (non-hydrogen) atoms. The largest absolute Gasteiger partial charge is 0.393 e. The van der Waals surface area contributed by atoms with Crippen LogP contribution in [0.4, 0.5) is 0 Å². The maximum Gasteiger partial charge on any atom is 0.232 e. The van der Waals surface area contributed by atoms with E-state index in [1.54, 1.807) is 0 Å². The minimum Gasteiger partial charge on any atom is -0.393 e. The van der Waals surface area contributed by atoms with Crippen molar-refractivity contribution in [3.63, 3.8) is 0 Å². The quantitative estimate of drug-likeness (QED) is 0.774. The Morgan fingerprint density at radius 1 is 1.56 bits per heavy atom. The van der Waals surface area contributed by atoms with Crippen LogP contribution in [0.1, 0.15) is 40.0 Å². The number of carbonyl (C=O) groups is 1. The molecule has 1 aliphatic rings. The van der Waals surface area contributed by atoms with Crippen molar-refractivity contribution in [2.45, 2.75) is 52.2 Å². The van der Waals surface area contributed by atoms with Crippen LogP contribution >= 0.6 is 12.2 Å². The van der Waals surface area contributed by atoms with Crippen molar-refractivity contribution in [1.29, 1.82) is 0 Å². The Bertz CT molecular complexity index is 309. The highest BCUT2D eigenvalue weighted by molar-refractivity contribution is 7.80. The first-order chi connectivity index (χ1) is 8.51. The van der Waals surface area contributed by atoms with Crippen LogP contribution in [0.25, 0.3) is 0 Å². The zero-order valence-corrected chi connectivity index (χ0v) is 12.3. The molecule has 1 heterocycles. The molecule has 1 amide bonds. The average molecular weight is 272 g/mol. The third kappa shape index (κ3) is 3.65. The second-order valence-corrected chi connectivity index (χ2v) is 5.41. The van der Waals surface area contributed by atoms with Crippen molar-refractivity contribution in [2.24, 2.45) is 11.7 Å². The average Bonchev–Trinajstić information content (AvgIpc) is 2.34. The monoisotopic (exact) mass is 272 g/mol. The smallest absolute Gasteiger partial charge is 0.232 e. The SMILES string of the molecule is CCCC(C(=O)N1CC(C)OCC1CC)C(N)=S. The highest BCUT2D eigenvalue weighted by Crippen LogP contribution is 2.20. The van der Waals surface area contributed by atoms with Gasteiger partial charge < -0.3 is 15.4 Å². The van der Waals surface area contributed by atoms with Gasteiger partial charge in [-0.25, -0.2) is 0 Å². The fraction of sp³-hybridized carbons (Fsp3) is 0.846. The van der Waals surface area contributed by atoms with Crippen LogP contribution in [-0.4, -0.2) is 41.1 Å². The minimum atomic E-state index is -0.315. The molecular formula is C13H24N2O2S. The van der Waals surface area contributed by atoms with Crippen molar-refractivity contribution < 1.29 is 9.53 Å². The van der Waals surface area contributed by atoms with E-state index >= 15 is 0 Å². The number of nitrogens with zero attached hydrogens (tertiary/aromatic N) is 1. The number of carbonyl (C=O) groups excluding carboxylic acids is 1. The van der Waals surface area contributed by atoms with Gasteiger partial charge in [0.1, 0.15) is 0 Å². The highest BCUT2D eigenvalue weighted by Gasteiger charge is 2.34. The Morgan fingerprint density at radius 3 is 2.72 bits per heavy atom. The summed E-state index contributed by atoms with van der Waals surface area (Å²) in [4.78, 5) is 14.8. The van der Waals surface area contributed by atoms with Crippen molar-refractivity contribution in [3.05, 3.63) is 0 Å². The molecule has 0 radical (unpaired) electrons. The summed E-state index contributed by atoms with van der Waals surface area (Å²) >= 11 is 5.03. The van der Waals surface area contributed by atoms with Crippen molar-refractivity contribution in [1.82, 2.24) is 4.90 Å². The van der Waals surface area contributed by atoms with Crippen LogP contribution < -0.4 is 5.73 Å². The topological polar surface area (TPSA) is 55.6 Å². The standard InChI is InChI=1S/C13H24N2O2S/c1-4-6-11(12(14)18)13(16)15-7-9(3)17-8-10(15)5-2/h9-11H,4-8H2,1-3H3,(H2,14,18). The number of thiocarbonyl (C=S) groups is 1. The lowest BCUT2D eigenvalue weighted by atomic mass is 9.99. The Labute approximate surface area is 115 Å². The van der Waals surface area contributed by atoms with Gasteiger partial charge in [-0.3, -0.25) is 4.79 Å². The Balaban J connectivity index is 2.80. The lowest BCUT2D eigenvalue weighted by molar-refractivity contribution is -0.146. The summed E-state index contributed by atoms with van der Waals surface area (Å²) in [6.45, 7) is 7.35. The number of hydrogen-bond donors (Lipinski definition) is 1. The maximum absolute atomic E-state index is 12.5. The third-order valence-electron chi connectivity index (χ3n) is 3.44. The van der Waals surface area contributed by atoms with Crippen LogP contribution in [-0.2, 0) is 9.53 Å². The highest BCUT2D eigenvalue weighted by atomic mass is 32.1. The molecule has 1 rings (SSSR count). The van der Waals surface area contributed by atoms with E-state index in [1.807, 2.05) is 18.7 Å². The first-order valence-electron chi connectivity index (χ1n) is 6.72. The van der Waals surface area contributed by atoms with Gasteiger partial charge in [-0.05, 0) is 19.8 Å². The van der Waals surface area contributed by atoms with Gasteiger partial charge in [-0.1, -0.05) is 32.5 Å². The molecule has 1 saturated heterocycles. The van der Waals surface area contributed by atoms with Gasteiger partial charge in [0.2, 0.25) is 5.91 Å². The number of ether oxygens (including phenoxy) is 1. The molecule has 4 nitrogen and oxygen atoms in total. The molecule has 3 atom stereocenters. The molecular weight excluding hydrogens is 248 g/mol. The molecule has 0 spiro atoms. The fourth-order valence-electron chi connectivity index (χ4n) is 2.33. The number of morpholine rings is 1. The minimum absolute atomic E-state index is 0.0753. The van der Waals surface area contributed by atoms with Gasteiger partial charge in [0.05, 0.1) is 29.7 Å². The molecule has 5 heteroatoms. The fourth-order valence-corrected chi connectivity index (χ4v) is 2.55. The van der Waals surface area contributed by atoms with Gasteiger partial charge in [0, 0.05) is 6.54 Å². The number of rotatable bonds is 5. The first kappa shape index (κ1) is 15.4. The van der Waals surface area contributed by atoms with Crippen LogP contribution in [0.3, 0.4) is 0 Å². The molecule has 0 aromatic heterocycles. The Morgan fingerprint density at radius 2 is 2.22 bits per heavy atom. The van der Waals surface area contributed by atoms with E-state index in [-0.39, 0.29) is 24.0 Å². The Kier molecular flexibility index (Phi) is 6.02. The van der Waals surface area contributed by atoms with E-state index in [2.05, 4.69) is 6.92 Å². The summed E-state index contributed by atoms with van der Waals surface area (Å²) in [7, 11) is 0. The summed E-state index contributed by atoms with van der Waals surface area (Å²) in [5.74, 6) is -0.240. The molecule has 0 aromatic rings. The predicted octanol–water partition coefficient (Wildman–Crippen LogP) is 1.71. The van der Waals surface area contributed by atoms with Crippen LogP contribution in [0, 0.1) is 5.92 Å². The third-order valence-corrected chi connectivity index (χ3v) is 3.73. The van der Waals surface area contributed by atoms with Crippen LogP contribution in [0.15, 0.2) is 0 Å². The van der Waals surface area contributed by atoms with Crippen LogP contribution in [0.5, 0.6) is 0 Å². The second kappa shape index (κ2) is 7.04. The summed E-state index contributed by atoms with van der Waals surface area (Å²) < 4.78 is 5.60. The molecule has 0 aliphatic carbocycles. The summed E-state index contributed by atoms with van der Waals surface area (Å²) in [6, 6.07) is 0.155. The van der Waals surface area contributed by atoms with Crippen molar-refractivity contribution in [3.8, 4) is 0 Å². The molecule has 1 fully saturated rings. The lowest BCUT2D eigenvalue weighted by Crippen LogP contribution is -2.54. The molecule has 104 valence electrons. The molecule has 0 saturated carbocycles. The van der Waals surface area contributed by atoms with E-state index in [4.69, 9.17) is 22.7 Å². The van der Waals surface area contributed by atoms with E-state index < -0.39 is 0 Å². The first-order valence-corrected chi connectivity index (χ1v) is 7.13. The number of amides is 1. The van der Waals surface area contributed by atoms with Crippen LogP contribution in [0.2, 0.25) is 0 Å². The summed E-state index contributed by atoms with van der Waals surface area (Å²) in [5, 5.41) is 0. The lowest BCUT2D eigenvalue weighted by Gasteiger charge is -2.40. The molecule has 2 N–H and O–H groups in total. The van der Waals surface area contributed by atoms with Crippen molar-refractivity contribution in [2.75, 3.05) is 13.2 Å². The van der Waals surface area contributed by atoms with Gasteiger partial charge in [-0.15, -0.1) is 0 Å². The zero-order chi connectivity index (χ0) is 13.7. The normalized spacial score (nSPS) is 25.8. The summed E-state index contributed by atoms with van der Waals surface area (Å²) in [6.07, 6.45) is 2.63. The molecule has 0 bridgehead atoms. The van der Waals surface area contributed by atoms with E-state index in [0.717, 1.165) is 19.3 Å². The van der Waals surface area contributed by atoms with Gasteiger partial charge >= 0.3 is 0 Å². The van der Waals surface area contributed by atoms with Crippen molar-refractivity contribution >= 4 is 23.1 Å². The van der Waals surface area contributed by atoms with E-state index in [1.165, 1.54) is 0 Å². The van der Waals surface area contributed by atoms with Gasteiger partial charge in [0.15, 0.2) is 0 Å². The van der Waals surface area contributed by atoms with E-state index in [9.17, 15) is 4.79 Å². The zero-order valence-electron chi connectivity index (χ0n) is 11.5. The number of hydrogen-bond acceptors (Lipinski definition) is 3. The number of nitrogens with two attached hydrogens (primary N) is 1. The maximum atomic E-state index is 12.5. The van der Waals surface area contributed by atoms with Gasteiger partial charge in [0.25, 0.3) is 0 Å². The molecule has 3 unspecified atom stereocenters. The second-order valence-electron chi connectivity index (χ2n) is 4.94. The Hall–Kier alpha value is -0.680. The van der Waals surface area contributed by atoms with Gasteiger partial charge in [-0.2, -0.15) is 0 Å².